The van der Waals surface area contributed by atoms with Crippen molar-refractivity contribution in [2.75, 3.05) is 5.32 Å². The monoisotopic (exact) mass is 217 g/mol. The fourth-order valence-electron chi connectivity index (χ4n) is 1.56. The summed E-state index contributed by atoms with van der Waals surface area (Å²) in [4.78, 5) is 18.5. The Morgan fingerprint density at radius 1 is 1.47 bits per heavy atom. The van der Waals surface area contributed by atoms with Gasteiger partial charge in [0.05, 0.1) is 23.8 Å². The molecule has 1 aliphatic rings. The first-order valence-corrected chi connectivity index (χ1v) is 5.32. The molecule has 5 heteroatoms. The van der Waals surface area contributed by atoms with E-state index in [1.54, 1.807) is 18.6 Å². The molecule has 0 spiro atoms. The SMILES string of the molecule is O=C1Nc2sccc2/C1=C\c1cnc[nH]1. The van der Waals surface area contributed by atoms with Gasteiger partial charge in [-0.25, -0.2) is 4.98 Å². The number of carbonyl (C=O) groups is 1. The first kappa shape index (κ1) is 8.43. The normalized spacial score (nSPS) is 16.8. The summed E-state index contributed by atoms with van der Waals surface area (Å²) in [6.07, 6.45) is 5.08. The van der Waals surface area contributed by atoms with E-state index in [9.17, 15) is 4.79 Å². The molecule has 2 aromatic rings. The van der Waals surface area contributed by atoms with E-state index in [0.29, 0.717) is 5.57 Å². The number of anilines is 1. The molecule has 0 aliphatic carbocycles. The number of H-pyrrole nitrogens is 1. The Labute approximate surface area is 89.7 Å². The van der Waals surface area contributed by atoms with Gasteiger partial charge in [-0.1, -0.05) is 0 Å². The maximum atomic E-state index is 11.6. The molecule has 0 fully saturated rings. The molecule has 15 heavy (non-hydrogen) atoms. The number of thiophene rings is 1. The largest absolute Gasteiger partial charge is 0.345 e. The maximum absolute atomic E-state index is 11.6. The summed E-state index contributed by atoms with van der Waals surface area (Å²) < 4.78 is 0. The van der Waals surface area contributed by atoms with Gasteiger partial charge in [0, 0.05) is 5.56 Å². The molecular formula is C10H7N3OS. The van der Waals surface area contributed by atoms with Crippen LogP contribution in [-0.4, -0.2) is 15.9 Å². The van der Waals surface area contributed by atoms with Crippen LogP contribution in [0.2, 0.25) is 0 Å². The van der Waals surface area contributed by atoms with Gasteiger partial charge in [0.2, 0.25) is 0 Å². The number of aromatic amines is 1. The van der Waals surface area contributed by atoms with Crippen molar-refractivity contribution in [1.29, 1.82) is 0 Å². The van der Waals surface area contributed by atoms with Crippen molar-refractivity contribution in [3.63, 3.8) is 0 Å². The van der Waals surface area contributed by atoms with E-state index in [4.69, 9.17) is 0 Å². The summed E-state index contributed by atoms with van der Waals surface area (Å²) in [5.74, 6) is -0.0496. The number of imidazole rings is 1. The molecule has 74 valence electrons. The zero-order chi connectivity index (χ0) is 10.3. The molecule has 1 aliphatic heterocycles. The van der Waals surface area contributed by atoms with Crippen molar-refractivity contribution >= 4 is 33.9 Å². The van der Waals surface area contributed by atoms with Crippen molar-refractivity contribution in [2.45, 2.75) is 0 Å². The van der Waals surface area contributed by atoms with Crippen LogP contribution >= 0.6 is 11.3 Å². The highest BCUT2D eigenvalue weighted by atomic mass is 32.1. The second kappa shape index (κ2) is 3.06. The van der Waals surface area contributed by atoms with E-state index in [1.165, 1.54) is 11.3 Å². The van der Waals surface area contributed by atoms with Crippen molar-refractivity contribution in [2.24, 2.45) is 0 Å². The summed E-state index contributed by atoms with van der Waals surface area (Å²) in [6, 6.07) is 1.94. The molecule has 4 nitrogen and oxygen atoms in total. The predicted octanol–water partition coefficient (Wildman–Crippen LogP) is 1.96. The zero-order valence-corrected chi connectivity index (χ0v) is 8.47. The molecule has 3 heterocycles. The minimum Gasteiger partial charge on any atom is -0.345 e. The molecule has 1 amide bonds. The highest BCUT2D eigenvalue weighted by Gasteiger charge is 2.24. The van der Waals surface area contributed by atoms with E-state index < -0.39 is 0 Å². The Balaban J connectivity index is 2.10. The minimum absolute atomic E-state index is 0.0496. The summed E-state index contributed by atoms with van der Waals surface area (Å²) in [7, 11) is 0. The summed E-state index contributed by atoms with van der Waals surface area (Å²) >= 11 is 1.53. The van der Waals surface area contributed by atoms with Gasteiger partial charge >= 0.3 is 0 Å². The van der Waals surface area contributed by atoms with Crippen molar-refractivity contribution in [3.05, 3.63) is 35.2 Å². The minimum atomic E-state index is -0.0496. The van der Waals surface area contributed by atoms with Crippen LogP contribution in [0.15, 0.2) is 24.0 Å². The lowest BCUT2D eigenvalue weighted by Gasteiger charge is -1.92. The molecule has 2 N–H and O–H groups in total. The smallest absolute Gasteiger partial charge is 0.257 e. The summed E-state index contributed by atoms with van der Waals surface area (Å²) in [5.41, 5.74) is 2.49. The Bertz CT molecular complexity index is 539. The third-order valence-corrected chi connectivity index (χ3v) is 3.08. The molecule has 0 atom stereocenters. The molecule has 0 unspecified atom stereocenters. The van der Waals surface area contributed by atoms with Gasteiger partial charge < -0.3 is 10.3 Å². The highest BCUT2D eigenvalue weighted by Crippen LogP contribution is 2.36. The highest BCUT2D eigenvalue weighted by molar-refractivity contribution is 7.15. The third-order valence-electron chi connectivity index (χ3n) is 2.25. The Morgan fingerprint density at radius 2 is 2.40 bits per heavy atom. The number of hydrogen-bond acceptors (Lipinski definition) is 3. The Hall–Kier alpha value is -1.88. The Kier molecular flexibility index (Phi) is 1.72. The molecule has 0 radical (unpaired) electrons. The van der Waals surface area contributed by atoms with Gasteiger partial charge in [-0.3, -0.25) is 4.79 Å². The first-order valence-electron chi connectivity index (χ1n) is 4.44. The van der Waals surface area contributed by atoms with Gasteiger partial charge in [-0.05, 0) is 17.5 Å². The van der Waals surface area contributed by atoms with E-state index >= 15 is 0 Å². The molecule has 0 saturated carbocycles. The lowest BCUT2D eigenvalue weighted by molar-refractivity contribution is -0.110. The van der Waals surface area contributed by atoms with Crippen molar-refractivity contribution in [1.82, 2.24) is 9.97 Å². The average molecular weight is 217 g/mol. The van der Waals surface area contributed by atoms with Crippen LogP contribution in [-0.2, 0) is 4.79 Å². The second-order valence-corrected chi connectivity index (χ2v) is 4.10. The van der Waals surface area contributed by atoms with Crippen molar-refractivity contribution in [3.8, 4) is 0 Å². The van der Waals surface area contributed by atoms with Crippen molar-refractivity contribution < 1.29 is 4.79 Å². The first-order chi connectivity index (χ1) is 7.34. The lowest BCUT2D eigenvalue weighted by atomic mass is 10.1. The molecule has 0 bridgehead atoms. The number of aromatic nitrogens is 2. The molecular weight excluding hydrogens is 210 g/mol. The molecule has 3 rings (SSSR count). The van der Waals surface area contributed by atoms with Crippen LogP contribution in [0.5, 0.6) is 0 Å². The van der Waals surface area contributed by atoms with Crippen LogP contribution in [0, 0.1) is 0 Å². The molecule has 0 saturated heterocycles. The van der Waals surface area contributed by atoms with E-state index in [-0.39, 0.29) is 5.91 Å². The van der Waals surface area contributed by atoms with Crippen LogP contribution in [0.3, 0.4) is 0 Å². The topological polar surface area (TPSA) is 57.8 Å². The maximum Gasteiger partial charge on any atom is 0.257 e. The van der Waals surface area contributed by atoms with Crippen LogP contribution in [0.25, 0.3) is 11.6 Å². The van der Waals surface area contributed by atoms with E-state index in [0.717, 1.165) is 16.3 Å². The number of nitrogens with one attached hydrogen (secondary N) is 2. The number of rotatable bonds is 1. The van der Waals surface area contributed by atoms with Crippen LogP contribution in [0.1, 0.15) is 11.3 Å². The molecule has 2 aromatic heterocycles. The van der Waals surface area contributed by atoms with Crippen LogP contribution < -0.4 is 5.32 Å². The average Bonchev–Trinajstić information content (AvgIpc) is 2.86. The predicted molar refractivity (Wildman–Crippen MR) is 59.4 cm³/mol. The Morgan fingerprint density at radius 3 is 3.20 bits per heavy atom. The standard InChI is InChI=1S/C10H7N3OS/c14-9-8(3-6-4-11-5-12-6)7-1-2-15-10(7)13-9/h1-5H,(H,11,12)(H,13,14)/b8-3+. The number of carbonyl (C=O) groups excluding carboxylic acids is 1. The van der Waals surface area contributed by atoms with E-state index in [2.05, 4.69) is 15.3 Å². The number of amides is 1. The number of nitrogens with zero attached hydrogens (tertiary/aromatic N) is 1. The molecule has 0 aromatic carbocycles. The van der Waals surface area contributed by atoms with Gasteiger partial charge in [-0.2, -0.15) is 0 Å². The quantitative estimate of drug-likeness (QED) is 0.717. The zero-order valence-electron chi connectivity index (χ0n) is 7.65. The fraction of sp³-hybridized carbons (Fsp3) is 0. The van der Waals surface area contributed by atoms with Gasteiger partial charge in [0.1, 0.15) is 5.00 Å². The third kappa shape index (κ3) is 1.28. The lowest BCUT2D eigenvalue weighted by Crippen LogP contribution is -2.03. The van der Waals surface area contributed by atoms with Gasteiger partial charge in [0.15, 0.2) is 0 Å². The fourth-order valence-corrected chi connectivity index (χ4v) is 2.35. The second-order valence-electron chi connectivity index (χ2n) is 3.18. The van der Waals surface area contributed by atoms with Crippen LogP contribution in [0.4, 0.5) is 5.00 Å². The number of fused-ring (bicyclic) bond motifs is 1. The van der Waals surface area contributed by atoms with E-state index in [1.807, 2.05) is 11.4 Å². The number of hydrogen-bond donors (Lipinski definition) is 2. The summed E-state index contributed by atoms with van der Waals surface area (Å²) in [6.45, 7) is 0. The van der Waals surface area contributed by atoms with Gasteiger partial charge in [-0.15, -0.1) is 11.3 Å². The van der Waals surface area contributed by atoms with Gasteiger partial charge in [0.25, 0.3) is 5.91 Å². The summed E-state index contributed by atoms with van der Waals surface area (Å²) in [5, 5.41) is 5.70.